The Balaban J connectivity index is 1.70. The molecule has 1 amide bonds. The first-order chi connectivity index (χ1) is 13.3. The Labute approximate surface area is 161 Å². The molecule has 0 aliphatic heterocycles. The Hall–Kier alpha value is -3.34. The van der Waals surface area contributed by atoms with Gasteiger partial charge in [0.25, 0.3) is 10.9 Å². The maximum Gasteiger partial charge on any atom is 0.277 e. The number of hydrogen-bond donors (Lipinski definition) is 1. The lowest BCUT2D eigenvalue weighted by Crippen LogP contribution is -2.23. The zero-order valence-electron chi connectivity index (χ0n) is 14.3. The number of nitro groups is 1. The molecule has 0 unspecified atom stereocenters. The molecule has 28 heavy (non-hydrogen) atoms. The number of nitrogens with one attached hydrogen (secondary N) is 1. The Morgan fingerprint density at radius 1 is 1.21 bits per heavy atom. The average molecular weight is 406 g/mol. The van der Waals surface area contributed by atoms with Gasteiger partial charge in [-0.1, -0.05) is 23.9 Å². The number of aromatic nitrogens is 2. The highest BCUT2D eigenvalue weighted by Gasteiger charge is 2.21. The minimum atomic E-state index is -0.892. The number of hydrogen-bond acceptors (Lipinski definition) is 7. The van der Waals surface area contributed by atoms with Gasteiger partial charge in [0.15, 0.2) is 0 Å². The van der Waals surface area contributed by atoms with Gasteiger partial charge in [-0.15, -0.1) is 10.2 Å². The first-order valence-electron chi connectivity index (χ1n) is 7.85. The topological polar surface area (TPSA) is 111 Å². The lowest BCUT2D eigenvalue weighted by Gasteiger charge is -2.11. The predicted molar refractivity (Wildman–Crippen MR) is 96.7 cm³/mol. The summed E-state index contributed by atoms with van der Waals surface area (Å²) in [4.78, 5) is 22.5. The minimum Gasteiger partial charge on any atom is -0.411 e. The lowest BCUT2D eigenvalue weighted by atomic mass is 10.2. The van der Waals surface area contributed by atoms with Crippen molar-refractivity contribution in [3.63, 3.8) is 0 Å². The molecule has 0 saturated carbocycles. The SMILES string of the molecule is C[C@@H](Sc1nnc(-c2cccc([N+](=O)[O-])c2)o1)C(=O)Nc1c(F)cccc1F. The monoisotopic (exact) mass is 406 g/mol. The molecule has 0 spiro atoms. The summed E-state index contributed by atoms with van der Waals surface area (Å²) in [6.07, 6.45) is 0. The van der Waals surface area contributed by atoms with Crippen molar-refractivity contribution in [2.24, 2.45) is 0 Å². The molecule has 2 aromatic carbocycles. The van der Waals surface area contributed by atoms with Crippen molar-refractivity contribution >= 4 is 29.0 Å². The zero-order valence-corrected chi connectivity index (χ0v) is 15.1. The molecule has 3 aromatic rings. The van der Waals surface area contributed by atoms with Crippen LogP contribution in [0, 0.1) is 21.7 Å². The maximum atomic E-state index is 13.6. The van der Waals surface area contributed by atoms with Crippen molar-refractivity contribution < 1.29 is 22.9 Å². The van der Waals surface area contributed by atoms with E-state index in [1.807, 2.05) is 0 Å². The summed E-state index contributed by atoms with van der Waals surface area (Å²) in [6.45, 7) is 1.50. The number of halogens is 2. The van der Waals surface area contributed by atoms with Gasteiger partial charge in [-0.05, 0) is 25.1 Å². The van der Waals surface area contributed by atoms with Crippen molar-refractivity contribution in [3.8, 4) is 11.5 Å². The number of nitro benzene ring substituents is 1. The summed E-state index contributed by atoms with van der Waals surface area (Å²) in [5.74, 6) is -2.41. The van der Waals surface area contributed by atoms with E-state index in [2.05, 4.69) is 15.5 Å². The molecule has 1 N–H and O–H groups in total. The van der Waals surface area contributed by atoms with E-state index in [0.717, 1.165) is 23.9 Å². The van der Waals surface area contributed by atoms with E-state index < -0.39 is 33.4 Å². The Morgan fingerprint density at radius 2 is 1.89 bits per heavy atom. The number of nitrogens with zero attached hydrogens (tertiary/aromatic N) is 3. The molecule has 0 aliphatic rings. The first-order valence-corrected chi connectivity index (χ1v) is 8.73. The molecule has 3 rings (SSSR count). The molecule has 0 bridgehead atoms. The third-order valence-corrected chi connectivity index (χ3v) is 4.50. The zero-order chi connectivity index (χ0) is 20.3. The Morgan fingerprint density at radius 3 is 2.57 bits per heavy atom. The van der Waals surface area contributed by atoms with Gasteiger partial charge < -0.3 is 9.73 Å². The Kier molecular flexibility index (Phi) is 5.64. The smallest absolute Gasteiger partial charge is 0.277 e. The van der Waals surface area contributed by atoms with E-state index in [0.29, 0.717) is 5.56 Å². The molecule has 0 saturated heterocycles. The van der Waals surface area contributed by atoms with Crippen LogP contribution in [-0.4, -0.2) is 26.3 Å². The van der Waals surface area contributed by atoms with Gasteiger partial charge in [0.05, 0.1) is 10.2 Å². The van der Waals surface area contributed by atoms with Gasteiger partial charge in [0.1, 0.15) is 17.3 Å². The second kappa shape index (κ2) is 8.13. The van der Waals surface area contributed by atoms with Crippen LogP contribution in [0.5, 0.6) is 0 Å². The average Bonchev–Trinajstić information content (AvgIpc) is 3.13. The number of para-hydroxylation sites is 1. The van der Waals surface area contributed by atoms with Gasteiger partial charge in [0.2, 0.25) is 11.8 Å². The van der Waals surface area contributed by atoms with Crippen LogP contribution in [0.4, 0.5) is 20.2 Å². The van der Waals surface area contributed by atoms with E-state index in [-0.39, 0.29) is 16.8 Å². The van der Waals surface area contributed by atoms with Gasteiger partial charge in [-0.25, -0.2) is 8.78 Å². The third kappa shape index (κ3) is 4.31. The van der Waals surface area contributed by atoms with Crippen LogP contribution in [0.2, 0.25) is 0 Å². The van der Waals surface area contributed by atoms with Crippen molar-refractivity contribution in [2.75, 3.05) is 5.32 Å². The molecule has 11 heteroatoms. The molecular formula is C17H12F2N4O4S. The second-order valence-electron chi connectivity index (χ2n) is 5.53. The number of rotatable bonds is 6. The van der Waals surface area contributed by atoms with Crippen LogP contribution < -0.4 is 5.32 Å². The van der Waals surface area contributed by atoms with Crippen LogP contribution in [0.1, 0.15) is 6.92 Å². The standard InChI is InChI=1S/C17H12F2N4O4S/c1-9(15(24)20-14-12(18)6-3-7-13(14)19)28-17-22-21-16(27-17)10-4-2-5-11(8-10)23(25)26/h2-9H,1H3,(H,20,24)/t9-/m1/s1. The molecule has 144 valence electrons. The van der Waals surface area contributed by atoms with Crippen LogP contribution in [0.15, 0.2) is 52.1 Å². The summed E-state index contributed by atoms with van der Waals surface area (Å²) < 4.78 is 32.7. The van der Waals surface area contributed by atoms with Crippen LogP contribution in [0.3, 0.4) is 0 Å². The molecule has 1 heterocycles. The van der Waals surface area contributed by atoms with E-state index in [9.17, 15) is 23.7 Å². The van der Waals surface area contributed by atoms with Gasteiger partial charge >= 0.3 is 0 Å². The second-order valence-corrected chi connectivity index (χ2v) is 6.82. The van der Waals surface area contributed by atoms with Crippen molar-refractivity contribution in [3.05, 3.63) is 64.2 Å². The summed E-state index contributed by atoms with van der Waals surface area (Å²) in [5.41, 5.74) is -0.327. The highest BCUT2D eigenvalue weighted by atomic mass is 32.2. The molecule has 8 nitrogen and oxygen atoms in total. The van der Waals surface area contributed by atoms with E-state index in [1.165, 1.54) is 31.2 Å². The molecule has 0 aliphatic carbocycles. The fourth-order valence-corrected chi connectivity index (χ4v) is 2.86. The van der Waals surface area contributed by atoms with Crippen LogP contribution in [0.25, 0.3) is 11.5 Å². The van der Waals surface area contributed by atoms with Crippen LogP contribution in [-0.2, 0) is 4.79 Å². The number of thioether (sulfide) groups is 1. The quantitative estimate of drug-likeness (QED) is 0.373. The minimum absolute atomic E-state index is 0.0261. The van der Waals surface area contributed by atoms with E-state index in [4.69, 9.17) is 4.42 Å². The van der Waals surface area contributed by atoms with Crippen molar-refractivity contribution in [1.82, 2.24) is 10.2 Å². The normalized spacial score (nSPS) is 11.8. The summed E-state index contributed by atoms with van der Waals surface area (Å²) in [5, 5.41) is 19.8. The number of amides is 1. The number of benzene rings is 2. The summed E-state index contributed by atoms with van der Waals surface area (Å²) in [6, 6.07) is 8.88. The molecule has 1 aromatic heterocycles. The first kappa shape index (κ1) is 19.4. The van der Waals surface area contributed by atoms with E-state index in [1.54, 1.807) is 6.07 Å². The Bertz CT molecular complexity index is 1020. The summed E-state index contributed by atoms with van der Waals surface area (Å²) >= 11 is 0.878. The largest absolute Gasteiger partial charge is 0.411 e. The van der Waals surface area contributed by atoms with E-state index >= 15 is 0 Å². The third-order valence-electron chi connectivity index (χ3n) is 3.57. The maximum absolute atomic E-state index is 13.6. The van der Waals surface area contributed by atoms with Gasteiger partial charge in [-0.3, -0.25) is 14.9 Å². The highest BCUT2D eigenvalue weighted by Crippen LogP contribution is 2.28. The molecule has 0 fully saturated rings. The summed E-state index contributed by atoms with van der Waals surface area (Å²) in [7, 11) is 0. The van der Waals surface area contributed by atoms with Crippen molar-refractivity contribution in [1.29, 1.82) is 0 Å². The number of carbonyl (C=O) groups is 1. The number of non-ortho nitro benzene ring substituents is 1. The van der Waals surface area contributed by atoms with Crippen LogP contribution >= 0.6 is 11.8 Å². The lowest BCUT2D eigenvalue weighted by molar-refractivity contribution is -0.384. The molecule has 0 radical (unpaired) electrons. The van der Waals surface area contributed by atoms with Crippen molar-refractivity contribution in [2.45, 2.75) is 17.4 Å². The fourth-order valence-electron chi connectivity index (χ4n) is 2.17. The predicted octanol–water partition coefficient (Wildman–Crippen LogP) is 4.04. The van der Waals surface area contributed by atoms with Gasteiger partial charge in [-0.2, -0.15) is 0 Å². The molecular weight excluding hydrogens is 394 g/mol. The fraction of sp³-hybridized carbons (Fsp3) is 0.118. The van der Waals surface area contributed by atoms with Gasteiger partial charge in [0, 0.05) is 17.7 Å². The highest BCUT2D eigenvalue weighted by molar-refractivity contribution is 8.00. The molecule has 1 atom stereocenters. The number of anilines is 1. The number of carbonyl (C=O) groups excluding carboxylic acids is 1.